The molecule has 0 N–H and O–H groups in total. The molecule has 6 nitrogen and oxygen atoms in total. The average Bonchev–Trinajstić information content (AvgIpc) is 3.32. The van der Waals surface area contributed by atoms with Crippen molar-refractivity contribution in [3.05, 3.63) is 77.0 Å². The molecule has 1 aromatic heterocycles. The molecular formula is C29H33N3O3S. The maximum Gasteiger partial charge on any atom is 0.211 e. The van der Waals surface area contributed by atoms with Crippen LogP contribution in [0.5, 0.6) is 5.75 Å². The van der Waals surface area contributed by atoms with Crippen molar-refractivity contribution in [2.24, 2.45) is 11.8 Å². The van der Waals surface area contributed by atoms with E-state index < -0.39 is 10.0 Å². The molecular weight excluding hydrogens is 470 g/mol. The monoisotopic (exact) mass is 503 g/mol. The van der Waals surface area contributed by atoms with E-state index in [9.17, 15) is 8.42 Å². The van der Waals surface area contributed by atoms with Gasteiger partial charge in [-0.2, -0.15) is 4.31 Å². The highest BCUT2D eigenvalue weighted by Crippen LogP contribution is 2.61. The van der Waals surface area contributed by atoms with Gasteiger partial charge in [-0.25, -0.2) is 13.4 Å². The number of hydrogen-bond donors (Lipinski definition) is 0. The normalized spacial score (nSPS) is 23.3. The van der Waals surface area contributed by atoms with Gasteiger partial charge in [-0.15, -0.1) is 0 Å². The Hall–Kier alpha value is -2.90. The SMILES string of the molecule is Cc1nc(N2CCN(S(C)(=O)=O)CC2)ccc1-c1cccc(COc2ccc3c(c2)C[C@H]2[C@H](C)[C@@H]32)c1. The summed E-state index contributed by atoms with van der Waals surface area (Å²) in [5, 5.41) is 0. The Morgan fingerprint density at radius 2 is 1.83 bits per heavy atom. The van der Waals surface area contributed by atoms with E-state index in [-0.39, 0.29) is 0 Å². The third-order valence-electron chi connectivity index (χ3n) is 8.24. The molecule has 0 radical (unpaired) electrons. The van der Waals surface area contributed by atoms with Gasteiger partial charge < -0.3 is 9.64 Å². The summed E-state index contributed by atoms with van der Waals surface area (Å²) in [6, 6.07) is 19.3. The van der Waals surface area contributed by atoms with E-state index >= 15 is 0 Å². The van der Waals surface area contributed by atoms with Crippen LogP contribution in [0, 0.1) is 18.8 Å². The minimum absolute atomic E-state index is 0.494. The summed E-state index contributed by atoms with van der Waals surface area (Å²) in [6.45, 7) is 7.21. The van der Waals surface area contributed by atoms with Gasteiger partial charge >= 0.3 is 0 Å². The number of sulfonamides is 1. The van der Waals surface area contributed by atoms with Gasteiger partial charge in [0.1, 0.15) is 18.2 Å². The number of aryl methyl sites for hydroxylation is 1. The topological polar surface area (TPSA) is 62.7 Å². The van der Waals surface area contributed by atoms with E-state index in [4.69, 9.17) is 9.72 Å². The number of fused-ring (bicyclic) bond motifs is 3. The first-order valence-electron chi connectivity index (χ1n) is 12.8. The number of pyridine rings is 1. The highest BCUT2D eigenvalue weighted by Gasteiger charge is 2.52. The maximum absolute atomic E-state index is 11.8. The Bertz CT molecular complexity index is 1410. The summed E-state index contributed by atoms with van der Waals surface area (Å²) in [4.78, 5) is 7.01. The highest BCUT2D eigenvalue weighted by molar-refractivity contribution is 7.88. The Balaban J connectivity index is 1.12. The molecule has 0 amide bonds. The van der Waals surface area contributed by atoms with E-state index in [1.807, 2.05) is 13.0 Å². The second-order valence-corrected chi connectivity index (χ2v) is 12.5. The minimum Gasteiger partial charge on any atom is -0.489 e. The fraction of sp³-hybridized carbons (Fsp3) is 0.414. The van der Waals surface area contributed by atoms with Crippen molar-refractivity contribution < 1.29 is 13.2 Å². The molecule has 1 aliphatic heterocycles. The number of piperazine rings is 1. The molecule has 1 saturated carbocycles. The summed E-state index contributed by atoms with van der Waals surface area (Å²) in [5.41, 5.74) is 7.31. The molecule has 3 atom stereocenters. The number of hydrogen-bond acceptors (Lipinski definition) is 5. The van der Waals surface area contributed by atoms with Gasteiger partial charge in [0.25, 0.3) is 0 Å². The van der Waals surface area contributed by atoms with Crippen molar-refractivity contribution in [2.75, 3.05) is 37.3 Å². The zero-order chi connectivity index (χ0) is 25.0. The van der Waals surface area contributed by atoms with Gasteiger partial charge in [0.15, 0.2) is 0 Å². The number of aromatic nitrogens is 1. The number of nitrogens with zero attached hydrogens (tertiary/aromatic N) is 3. The van der Waals surface area contributed by atoms with E-state index in [2.05, 4.69) is 60.4 Å². The van der Waals surface area contributed by atoms with Crippen LogP contribution in [-0.4, -0.2) is 50.1 Å². The molecule has 36 heavy (non-hydrogen) atoms. The van der Waals surface area contributed by atoms with E-state index in [0.717, 1.165) is 51.7 Å². The quantitative estimate of drug-likeness (QED) is 0.491. The largest absolute Gasteiger partial charge is 0.489 e. The van der Waals surface area contributed by atoms with Crippen LogP contribution in [0.4, 0.5) is 5.82 Å². The predicted molar refractivity (Wildman–Crippen MR) is 143 cm³/mol. The molecule has 2 aromatic carbocycles. The first-order chi connectivity index (χ1) is 17.3. The molecule has 6 rings (SSSR count). The third-order valence-corrected chi connectivity index (χ3v) is 9.54. The van der Waals surface area contributed by atoms with Crippen LogP contribution >= 0.6 is 0 Å². The van der Waals surface area contributed by atoms with Crippen LogP contribution in [0.2, 0.25) is 0 Å². The Morgan fingerprint density at radius 3 is 2.58 bits per heavy atom. The Labute approximate surface area is 214 Å². The zero-order valence-corrected chi connectivity index (χ0v) is 22.0. The van der Waals surface area contributed by atoms with E-state index in [1.54, 1.807) is 0 Å². The highest BCUT2D eigenvalue weighted by atomic mass is 32.2. The van der Waals surface area contributed by atoms with Crippen molar-refractivity contribution in [3.63, 3.8) is 0 Å². The number of benzene rings is 2. The first kappa shape index (κ1) is 23.5. The van der Waals surface area contributed by atoms with Crippen LogP contribution in [0.1, 0.15) is 35.2 Å². The van der Waals surface area contributed by atoms with Gasteiger partial charge in [0, 0.05) is 37.4 Å². The molecule has 0 unspecified atom stereocenters. The fourth-order valence-electron chi connectivity index (χ4n) is 6.07. The molecule has 3 aromatic rings. The van der Waals surface area contributed by atoms with E-state index in [0.29, 0.717) is 32.8 Å². The van der Waals surface area contributed by atoms with Crippen molar-refractivity contribution >= 4 is 15.8 Å². The van der Waals surface area contributed by atoms with Crippen LogP contribution in [0.3, 0.4) is 0 Å². The summed E-state index contributed by atoms with van der Waals surface area (Å²) in [6.07, 6.45) is 2.47. The lowest BCUT2D eigenvalue weighted by Gasteiger charge is -2.34. The van der Waals surface area contributed by atoms with Gasteiger partial charge in [-0.1, -0.05) is 31.2 Å². The first-order valence-corrected chi connectivity index (χ1v) is 14.7. The van der Waals surface area contributed by atoms with Gasteiger partial charge in [-0.3, -0.25) is 0 Å². The Kier molecular flexibility index (Phi) is 5.80. The van der Waals surface area contributed by atoms with Crippen molar-refractivity contribution in [2.45, 2.75) is 32.8 Å². The summed E-state index contributed by atoms with van der Waals surface area (Å²) < 4.78 is 31.3. The zero-order valence-electron chi connectivity index (χ0n) is 21.1. The lowest BCUT2D eigenvalue weighted by molar-refractivity contribution is 0.306. The van der Waals surface area contributed by atoms with Crippen molar-refractivity contribution in [3.8, 4) is 16.9 Å². The van der Waals surface area contributed by atoms with Crippen molar-refractivity contribution in [1.29, 1.82) is 0 Å². The average molecular weight is 504 g/mol. The summed E-state index contributed by atoms with van der Waals surface area (Å²) in [7, 11) is -3.14. The molecule has 3 aliphatic rings. The molecule has 7 heteroatoms. The molecule has 2 fully saturated rings. The van der Waals surface area contributed by atoms with Crippen LogP contribution in [0.15, 0.2) is 54.6 Å². The standard InChI is InChI=1S/C29H33N3O3S/c1-19-27-17-23-16-24(7-8-26(23)29(19)27)35-18-21-5-4-6-22(15-21)25-9-10-28(30-20(25)2)31-11-13-32(14-12-31)36(3,33)34/h4-10,15-16,19,27,29H,11-14,17-18H2,1-3H3/t19-,27-,29-/m0/s1. The molecule has 2 heterocycles. The Morgan fingerprint density at radius 1 is 1.03 bits per heavy atom. The maximum atomic E-state index is 11.8. The number of rotatable bonds is 6. The lowest BCUT2D eigenvalue weighted by atomic mass is 10.0. The molecule has 0 spiro atoms. The van der Waals surface area contributed by atoms with Crippen LogP contribution < -0.4 is 9.64 Å². The number of ether oxygens (including phenoxy) is 1. The second-order valence-electron chi connectivity index (χ2n) is 10.6. The fourth-order valence-corrected chi connectivity index (χ4v) is 6.90. The predicted octanol–water partition coefficient (Wildman–Crippen LogP) is 4.62. The lowest BCUT2D eigenvalue weighted by Crippen LogP contribution is -2.48. The van der Waals surface area contributed by atoms with Gasteiger partial charge in [0.05, 0.1) is 6.26 Å². The molecule has 188 valence electrons. The third kappa shape index (κ3) is 4.39. The minimum atomic E-state index is -3.14. The molecule has 2 aliphatic carbocycles. The van der Waals surface area contributed by atoms with Gasteiger partial charge in [0.2, 0.25) is 10.0 Å². The van der Waals surface area contributed by atoms with E-state index in [1.165, 1.54) is 28.1 Å². The van der Waals surface area contributed by atoms with Crippen LogP contribution in [0.25, 0.3) is 11.1 Å². The van der Waals surface area contributed by atoms with Crippen molar-refractivity contribution in [1.82, 2.24) is 9.29 Å². The summed E-state index contributed by atoms with van der Waals surface area (Å²) >= 11 is 0. The number of anilines is 1. The smallest absolute Gasteiger partial charge is 0.211 e. The second kappa shape index (κ2) is 8.89. The van der Waals surface area contributed by atoms with Crippen LogP contribution in [-0.2, 0) is 23.1 Å². The summed E-state index contributed by atoms with van der Waals surface area (Å²) in [5.74, 6) is 4.33. The molecule has 1 saturated heterocycles. The molecule has 0 bridgehead atoms. The van der Waals surface area contributed by atoms with Gasteiger partial charge in [-0.05, 0) is 83.7 Å².